The molecule has 8 heteroatoms. The maximum Gasteiger partial charge on any atom is 0.302 e. The van der Waals surface area contributed by atoms with Crippen molar-refractivity contribution in [3.8, 4) is 0 Å². The van der Waals surface area contributed by atoms with Crippen LogP contribution in [0.2, 0.25) is 0 Å². The molecule has 49 heavy (non-hydrogen) atoms. The normalized spacial score (nSPS) is 22.2. The number of hydrogen-bond donors (Lipinski definition) is 1. The van der Waals surface area contributed by atoms with Gasteiger partial charge in [-0.2, -0.15) is 0 Å². The minimum Gasteiger partial charge on any atom is -0.463 e. The predicted molar refractivity (Wildman–Crippen MR) is 194 cm³/mol. The van der Waals surface area contributed by atoms with Crippen molar-refractivity contribution < 1.29 is 38.3 Å². The molecule has 3 rings (SSSR count). The number of carbonyl (C=O) groups excluding carboxylic acids is 1. The molecule has 1 fully saturated rings. The lowest BCUT2D eigenvalue weighted by Crippen LogP contribution is -2.66. The van der Waals surface area contributed by atoms with E-state index < -0.39 is 36.2 Å². The molecule has 0 amide bonds. The Morgan fingerprint density at radius 1 is 0.857 bits per heavy atom. The summed E-state index contributed by atoms with van der Waals surface area (Å²) in [7, 11) is 0. The molecule has 274 valence electrons. The van der Waals surface area contributed by atoms with E-state index in [1.807, 2.05) is 18.2 Å². The summed E-state index contributed by atoms with van der Waals surface area (Å²) in [5.74, 6) is -2.30. The molecule has 0 radical (unpaired) electrons. The van der Waals surface area contributed by atoms with Gasteiger partial charge in [-0.3, -0.25) is 4.79 Å². The van der Waals surface area contributed by atoms with Crippen molar-refractivity contribution in [2.24, 2.45) is 0 Å². The zero-order valence-electron chi connectivity index (χ0n) is 30.8. The summed E-state index contributed by atoms with van der Waals surface area (Å²) in [5.41, 5.74) is 5.26. The second-order valence-corrected chi connectivity index (χ2v) is 13.1. The van der Waals surface area contributed by atoms with Crippen LogP contribution in [0, 0.1) is 6.92 Å². The summed E-state index contributed by atoms with van der Waals surface area (Å²) >= 11 is 0. The molecule has 0 spiro atoms. The summed E-state index contributed by atoms with van der Waals surface area (Å²) < 4.78 is 37.0. The maximum absolute atomic E-state index is 12.7. The van der Waals surface area contributed by atoms with Crippen molar-refractivity contribution >= 4 is 5.97 Å². The van der Waals surface area contributed by atoms with Crippen LogP contribution in [-0.2, 0) is 51.8 Å². The highest BCUT2D eigenvalue weighted by molar-refractivity contribution is 5.65. The van der Waals surface area contributed by atoms with Crippen molar-refractivity contribution in [1.29, 1.82) is 0 Å². The van der Waals surface area contributed by atoms with Crippen molar-refractivity contribution in [3.63, 3.8) is 0 Å². The van der Waals surface area contributed by atoms with Gasteiger partial charge >= 0.3 is 5.97 Å². The van der Waals surface area contributed by atoms with Crippen molar-refractivity contribution in [2.45, 2.75) is 129 Å². The van der Waals surface area contributed by atoms with Gasteiger partial charge in [0.25, 0.3) is 0 Å². The molecule has 0 saturated carbocycles. The number of esters is 1. The Kier molecular flexibility index (Phi) is 18.6. The van der Waals surface area contributed by atoms with Crippen LogP contribution >= 0.6 is 0 Å². The first-order chi connectivity index (χ1) is 23.8. The lowest BCUT2D eigenvalue weighted by Gasteiger charge is -2.50. The molecule has 1 aliphatic rings. The van der Waals surface area contributed by atoms with Crippen LogP contribution in [-0.4, -0.2) is 75.1 Å². The number of unbranched alkanes of at least 4 members (excludes halogenated alkanes) is 4. The largest absolute Gasteiger partial charge is 0.463 e. The van der Waals surface area contributed by atoms with E-state index in [4.69, 9.17) is 28.4 Å². The molecule has 2 aromatic rings. The summed E-state index contributed by atoms with van der Waals surface area (Å²) in [5, 5.41) is 12.7. The number of benzene rings is 2. The third-order valence-corrected chi connectivity index (χ3v) is 8.99. The Labute approximate surface area is 295 Å². The first kappa shape index (κ1) is 40.8. The number of hydrogen-bond acceptors (Lipinski definition) is 8. The smallest absolute Gasteiger partial charge is 0.302 e. The second-order valence-electron chi connectivity index (χ2n) is 13.1. The van der Waals surface area contributed by atoms with Gasteiger partial charge in [-0.15, -0.1) is 6.58 Å². The number of aliphatic hydroxyl groups is 1. The van der Waals surface area contributed by atoms with Gasteiger partial charge in [-0.05, 0) is 80.2 Å². The standard InChI is InChI=1S/C41H62O8/c1-7-11-25-45-38-37(30-48-32(6)42)49-41(43,40(47-27-13-9-3)39(38)46-26-12-8-2)36-22-17-31(5)35(29-36)28-34-20-18-33(19-21-34)16-14-15-24-44-23-10-4/h10,17-22,29,37-40,43H,4,7-9,11-16,23-28,30H2,1-3,5-6H3/t37-,38-,39+,40-,41+/m1/s1. The molecule has 0 unspecified atom stereocenters. The average molecular weight is 683 g/mol. The van der Waals surface area contributed by atoms with Crippen molar-refractivity contribution in [2.75, 3.05) is 39.6 Å². The molecule has 0 bridgehead atoms. The van der Waals surface area contributed by atoms with Gasteiger partial charge in [0.2, 0.25) is 5.79 Å². The van der Waals surface area contributed by atoms with Crippen molar-refractivity contribution in [1.82, 2.24) is 0 Å². The average Bonchev–Trinajstić information content (AvgIpc) is 3.09. The Bertz CT molecular complexity index is 1230. The van der Waals surface area contributed by atoms with Crippen LogP contribution in [0.15, 0.2) is 55.1 Å². The molecule has 0 aromatic heterocycles. The fourth-order valence-electron chi connectivity index (χ4n) is 6.03. The van der Waals surface area contributed by atoms with E-state index in [0.29, 0.717) is 38.4 Å². The van der Waals surface area contributed by atoms with Gasteiger partial charge in [0, 0.05) is 38.9 Å². The lowest BCUT2D eigenvalue weighted by atomic mass is 9.85. The van der Waals surface area contributed by atoms with E-state index in [-0.39, 0.29) is 6.61 Å². The van der Waals surface area contributed by atoms with E-state index in [1.54, 1.807) is 6.08 Å². The molecule has 1 heterocycles. The summed E-state index contributed by atoms with van der Waals surface area (Å²) in [4.78, 5) is 11.9. The Hall–Kier alpha value is -2.59. The molecule has 8 nitrogen and oxygen atoms in total. The van der Waals surface area contributed by atoms with Crippen LogP contribution in [0.4, 0.5) is 0 Å². The monoisotopic (exact) mass is 682 g/mol. The van der Waals surface area contributed by atoms with Gasteiger partial charge in [0.15, 0.2) is 0 Å². The Morgan fingerprint density at radius 2 is 1.49 bits per heavy atom. The molecular weight excluding hydrogens is 620 g/mol. The van der Waals surface area contributed by atoms with E-state index in [0.717, 1.165) is 75.5 Å². The fourth-order valence-corrected chi connectivity index (χ4v) is 6.03. The minimum atomic E-state index is -1.87. The third-order valence-electron chi connectivity index (χ3n) is 8.99. The van der Waals surface area contributed by atoms with E-state index in [1.165, 1.54) is 18.1 Å². The highest BCUT2D eigenvalue weighted by atomic mass is 16.7. The number of aryl methyl sites for hydroxylation is 2. The summed E-state index contributed by atoms with van der Waals surface area (Å²) in [6.07, 6.45) is 8.09. The molecule has 2 aromatic carbocycles. The van der Waals surface area contributed by atoms with E-state index in [2.05, 4.69) is 58.5 Å². The molecular formula is C41H62O8. The predicted octanol–water partition coefficient (Wildman–Crippen LogP) is 7.77. The van der Waals surface area contributed by atoms with Crippen LogP contribution in [0.1, 0.15) is 107 Å². The molecule has 1 aliphatic heterocycles. The van der Waals surface area contributed by atoms with E-state index in [9.17, 15) is 9.90 Å². The first-order valence-corrected chi connectivity index (χ1v) is 18.5. The van der Waals surface area contributed by atoms with Crippen molar-refractivity contribution in [3.05, 3.63) is 82.9 Å². The highest BCUT2D eigenvalue weighted by Gasteiger charge is 2.57. The lowest BCUT2D eigenvalue weighted by molar-refractivity contribution is -0.374. The minimum absolute atomic E-state index is 0.0727. The number of rotatable bonds is 24. The van der Waals surface area contributed by atoms with E-state index >= 15 is 0 Å². The zero-order valence-corrected chi connectivity index (χ0v) is 30.8. The molecule has 0 aliphatic carbocycles. The van der Waals surface area contributed by atoms with Crippen LogP contribution in [0.3, 0.4) is 0 Å². The maximum atomic E-state index is 12.7. The fraction of sp³-hybridized carbons (Fsp3) is 0.634. The summed E-state index contributed by atoms with van der Waals surface area (Å²) in [6, 6.07) is 14.7. The Morgan fingerprint density at radius 3 is 2.12 bits per heavy atom. The number of carbonyl (C=O) groups is 1. The highest BCUT2D eigenvalue weighted by Crippen LogP contribution is 2.41. The first-order valence-electron chi connectivity index (χ1n) is 18.5. The van der Waals surface area contributed by atoms with Gasteiger partial charge in [0.05, 0.1) is 6.61 Å². The quantitative estimate of drug-likeness (QED) is 0.0682. The van der Waals surface area contributed by atoms with Crippen LogP contribution < -0.4 is 0 Å². The SMILES string of the molecule is C=CCOCCCCc1ccc(Cc2cc([C@]3(O)O[C@H](COC(C)=O)[C@@H](OCCCC)[C@H](OCCCC)[C@H]3OCCCC)ccc2C)cc1. The van der Waals surface area contributed by atoms with Gasteiger partial charge < -0.3 is 33.5 Å². The summed E-state index contributed by atoms with van der Waals surface area (Å²) in [6.45, 7) is 16.2. The van der Waals surface area contributed by atoms with Gasteiger partial charge in [-0.1, -0.05) is 82.5 Å². The second kappa shape index (κ2) is 22.3. The molecule has 1 saturated heterocycles. The zero-order chi connectivity index (χ0) is 35.5. The molecule has 1 N–H and O–H groups in total. The molecule has 5 atom stereocenters. The van der Waals surface area contributed by atoms with Gasteiger partial charge in [-0.25, -0.2) is 0 Å². The Balaban J connectivity index is 1.93. The van der Waals surface area contributed by atoms with Gasteiger partial charge in [0.1, 0.15) is 31.0 Å². The number of ether oxygens (including phenoxy) is 6. The van der Waals surface area contributed by atoms with Crippen LogP contribution in [0.25, 0.3) is 0 Å². The topological polar surface area (TPSA) is 92.7 Å². The third kappa shape index (κ3) is 12.9. The van der Waals surface area contributed by atoms with Crippen LogP contribution in [0.5, 0.6) is 0 Å².